The van der Waals surface area contributed by atoms with Crippen LogP contribution in [0, 0.1) is 5.92 Å². The Morgan fingerprint density at radius 3 is 2.82 bits per heavy atom. The molecule has 1 aliphatic carbocycles. The zero-order chi connectivity index (χ0) is 8.27. The number of aliphatic carboxylic acids is 1. The Bertz CT molecular complexity index is 255. The van der Waals surface area contributed by atoms with Crippen LogP contribution in [-0.4, -0.2) is 16.8 Å². The van der Waals surface area contributed by atoms with E-state index in [2.05, 4.69) is 4.51 Å². The number of hydrogen-bond donors (Lipinski definition) is 1. The van der Waals surface area contributed by atoms with Crippen LogP contribution in [0.5, 0.6) is 0 Å². The molecule has 0 saturated carbocycles. The summed E-state index contributed by atoms with van der Waals surface area (Å²) in [7, 11) is 0. The van der Waals surface area contributed by atoms with Crippen molar-refractivity contribution in [2.75, 3.05) is 0 Å². The van der Waals surface area contributed by atoms with Gasteiger partial charge in [-0.1, -0.05) is 18.2 Å². The Balaban J connectivity index is 2.88. The molecule has 0 saturated heterocycles. The molecule has 1 aliphatic rings. The minimum absolute atomic E-state index is 0.363. The fourth-order valence-electron chi connectivity index (χ4n) is 0.821. The van der Waals surface area contributed by atoms with Gasteiger partial charge < -0.3 is 5.11 Å². The lowest BCUT2D eigenvalue weighted by Crippen LogP contribution is -2.21. The number of rotatable bonds is 1. The summed E-state index contributed by atoms with van der Waals surface area (Å²) in [4.78, 5) is 10.5. The lowest BCUT2D eigenvalue weighted by Gasteiger charge is -2.08. The molecule has 1 N–H and O–H groups in total. The van der Waals surface area contributed by atoms with Gasteiger partial charge in [-0.2, -0.15) is 4.51 Å². The van der Waals surface area contributed by atoms with Crippen LogP contribution in [0.25, 0.3) is 0 Å². The highest BCUT2D eigenvalue weighted by Gasteiger charge is 2.20. The van der Waals surface area contributed by atoms with Crippen LogP contribution in [0.4, 0.5) is 0 Å². The molecule has 0 amide bonds. The molecule has 0 radical (unpaired) electrons. The molecule has 0 aromatic rings. The van der Waals surface area contributed by atoms with Gasteiger partial charge in [0.1, 0.15) is 5.92 Å². The molecule has 0 spiro atoms. The van der Waals surface area contributed by atoms with Crippen LogP contribution in [0.2, 0.25) is 0 Å². The maximum absolute atomic E-state index is 10.5. The number of carboxylic acid groups (broad SMARTS) is 1. The van der Waals surface area contributed by atoms with Crippen LogP contribution in [-0.2, 0) is 4.79 Å². The first-order valence-electron chi connectivity index (χ1n) is 3.02. The van der Waals surface area contributed by atoms with Gasteiger partial charge in [-0.3, -0.25) is 4.79 Å². The van der Waals surface area contributed by atoms with Crippen LogP contribution < -0.4 is 0 Å². The summed E-state index contributed by atoms with van der Waals surface area (Å²) in [6, 6.07) is 0. The second-order valence-electron chi connectivity index (χ2n) is 2.07. The molecule has 0 aromatic carbocycles. The van der Waals surface area contributed by atoms with Crippen molar-refractivity contribution in [1.29, 1.82) is 0 Å². The zero-order valence-electron chi connectivity index (χ0n) is 5.57. The van der Waals surface area contributed by atoms with Gasteiger partial charge in [-0.15, -0.1) is 0 Å². The molecule has 1 atom stereocenters. The van der Waals surface area contributed by atoms with E-state index >= 15 is 0 Å². The van der Waals surface area contributed by atoms with Crippen molar-refractivity contribution < 1.29 is 9.90 Å². The van der Waals surface area contributed by atoms with Crippen LogP contribution in [0.3, 0.4) is 0 Å². The molecule has 0 fully saturated rings. The Labute approximate surface area is 68.8 Å². The maximum Gasteiger partial charge on any atom is 0.316 e. The van der Waals surface area contributed by atoms with E-state index in [-0.39, 0.29) is 0 Å². The summed E-state index contributed by atoms with van der Waals surface area (Å²) < 4.78 is 3.32. The summed E-state index contributed by atoms with van der Waals surface area (Å²) >= 11 is 5.16. The summed E-state index contributed by atoms with van der Waals surface area (Å²) in [5.41, 5.74) is 0.363. The van der Waals surface area contributed by atoms with Crippen molar-refractivity contribution in [3.8, 4) is 0 Å². The quantitative estimate of drug-likeness (QED) is 0.649. The van der Waals surface area contributed by atoms with Crippen molar-refractivity contribution in [2.45, 2.75) is 0 Å². The lowest BCUT2D eigenvalue weighted by atomic mass is 9.99. The van der Waals surface area contributed by atoms with E-state index in [0.29, 0.717) is 5.71 Å². The highest BCUT2D eigenvalue weighted by Crippen LogP contribution is 2.10. The number of nitrogens with zero attached hydrogens (tertiary/aromatic N) is 1. The third-order valence-electron chi connectivity index (χ3n) is 1.36. The van der Waals surface area contributed by atoms with Gasteiger partial charge in [0.2, 0.25) is 0 Å². The van der Waals surface area contributed by atoms with Gasteiger partial charge in [-0.05, 0) is 6.08 Å². The zero-order valence-corrected chi connectivity index (χ0v) is 6.32. The first kappa shape index (κ1) is 8.01. The van der Waals surface area contributed by atoms with Crippen molar-refractivity contribution in [3.05, 3.63) is 24.3 Å². The molecule has 0 heterocycles. The summed E-state index contributed by atoms with van der Waals surface area (Å²) in [5.74, 6) is -1.64. The fourth-order valence-corrected chi connectivity index (χ4v) is 0.983. The van der Waals surface area contributed by atoms with E-state index in [9.17, 15) is 4.79 Å². The molecule has 3 nitrogen and oxygen atoms in total. The number of carboxylic acids is 1. The molecular weight excluding hydrogens is 166 g/mol. The van der Waals surface area contributed by atoms with E-state index in [4.69, 9.17) is 16.9 Å². The molecule has 11 heavy (non-hydrogen) atoms. The first-order chi connectivity index (χ1) is 5.25. The number of halogens is 1. The molecule has 1 unspecified atom stereocenters. The minimum Gasteiger partial charge on any atom is -0.481 e. The predicted octanol–water partition coefficient (Wildman–Crippen LogP) is 1.41. The summed E-state index contributed by atoms with van der Waals surface area (Å²) in [6.07, 6.45) is 6.46. The molecular formula is C7H6ClNO2. The normalized spacial score (nSPS) is 25.9. The SMILES string of the molecule is O=C(O)C1C=CC=CC1=NCl. The average molecular weight is 172 g/mol. The highest BCUT2D eigenvalue weighted by molar-refractivity contribution is 6.24. The second-order valence-corrected chi connectivity index (χ2v) is 2.24. The topological polar surface area (TPSA) is 49.7 Å². The van der Waals surface area contributed by atoms with Crippen LogP contribution >= 0.6 is 11.8 Å². The highest BCUT2D eigenvalue weighted by atomic mass is 35.5. The summed E-state index contributed by atoms with van der Waals surface area (Å²) in [5, 5.41) is 8.62. The maximum atomic E-state index is 10.5. The number of hydrogen-bond acceptors (Lipinski definition) is 2. The molecule has 0 bridgehead atoms. The van der Waals surface area contributed by atoms with Gasteiger partial charge in [0, 0.05) is 11.8 Å². The Kier molecular flexibility index (Phi) is 2.44. The largest absolute Gasteiger partial charge is 0.481 e. The van der Waals surface area contributed by atoms with Gasteiger partial charge in [0.15, 0.2) is 0 Å². The Morgan fingerprint density at radius 2 is 2.36 bits per heavy atom. The Morgan fingerprint density at radius 1 is 1.64 bits per heavy atom. The third-order valence-corrected chi connectivity index (χ3v) is 1.56. The number of allylic oxidation sites excluding steroid dienone is 3. The van der Waals surface area contributed by atoms with E-state index in [1.54, 1.807) is 18.2 Å². The fraction of sp³-hybridized carbons (Fsp3) is 0.143. The minimum atomic E-state index is -0.940. The molecule has 1 rings (SSSR count). The van der Waals surface area contributed by atoms with Crippen molar-refractivity contribution in [1.82, 2.24) is 0 Å². The van der Waals surface area contributed by atoms with Crippen molar-refractivity contribution in [3.63, 3.8) is 0 Å². The standard InChI is InChI=1S/C7H6ClNO2/c8-9-6-4-2-1-3-5(6)7(10)11/h1-5H,(H,10,11). The van der Waals surface area contributed by atoms with Gasteiger partial charge >= 0.3 is 5.97 Å². The first-order valence-corrected chi connectivity index (χ1v) is 3.36. The molecule has 58 valence electrons. The third kappa shape index (κ3) is 1.68. The van der Waals surface area contributed by atoms with Gasteiger partial charge in [-0.25, -0.2) is 0 Å². The van der Waals surface area contributed by atoms with E-state index < -0.39 is 11.9 Å². The van der Waals surface area contributed by atoms with Crippen LogP contribution in [0.1, 0.15) is 0 Å². The van der Waals surface area contributed by atoms with E-state index in [1.807, 2.05) is 0 Å². The Hall–Kier alpha value is -1.09. The van der Waals surface area contributed by atoms with E-state index in [1.165, 1.54) is 6.08 Å². The monoisotopic (exact) mass is 171 g/mol. The molecule has 0 aromatic heterocycles. The predicted molar refractivity (Wildman–Crippen MR) is 42.7 cm³/mol. The summed E-state index contributed by atoms with van der Waals surface area (Å²) in [6.45, 7) is 0. The average Bonchev–Trinajstić information content (AvgIpc) is 2.04. The molecule has 4 heteroatoms. The lowest BCUT2D eigenvalue weighted by molar-refractivity contribution is -0.138. The van der Waals surface area contributed by atoms with Gasteiger partial charge in [0.25, 0.3) is 0 Å². The van der Waals surface area contributed by atoms with Gasteiger partial charge in [0.05, 0.1) is 5.71 Å². The number of carbonyl (C=O) groups is 1. The molecule has 0 aliphatic heterocycles. The van der Waals surface area contributed by atoms with Crippen LogP contribution in [0.15, 0.2) is 28.8 Å². The second kappa shape index (κ2) is 3.34. The van der Waals surface area contributed by atoms with Crippen molar-refractivity contribution in [2.24, 2.45) is 10.4 Å². The van der Waals surface area contributed by atoms with Crippen molar-refractivity contribution >= 4 is 23.5 Å². The van der Waals surface area contributed by atoms with E-state index in [0.717, 1.165) is 0 Å². The smallest absolute Gasteiger partial charge is 0.316 e.